The Hall–Kier alpha value is -2.08. The average molecular weight is 377 g/mol. The molecule has 0 spiro atoms. The Morgan fingerprint density at radius 2 is 1.32 bits per heavy atom. The zero-order valence-electron chi connectivity index (χ0n) is 18.7. The molecule has 1 atom stereocenters. The monoisotopic (exact) mass is 376 g/mol. The topological polar surface area (TPSA) is 0 Å². The number of hydrogen-bond acceptors (Lipinski definition) is 0. The minimum absolute atomic E-state index is 0.373. The Balaban J connectivity index is 0.000000292. The van der Waals surface area contributed by atoms with Crippen LogP contribution in [-0.4, -0.2) is 0 Å². The van der Waals surface area contributed by atoms with Gasteiger partial charge < -0.3 is 0 Å². The Bertz CT molecular complexity index is 629. The van der Waals surface area contributed by atoms with E-state index >= 15 is 0 Å². The van der Waals surface area contributed by atoms with E-state index in [9.17, 15) is 0 Å². The van der Waals surface area contributed by atoms with E-state index in [0.717, 1.165) is 5.92 Å². The third kappa shape index (κ3) is 8.74. The highest BCUT2D eigenvalue weighted by molar-refractivity contribution is 5.26. The Morgan fingerprint density at radius 3 is 1.61 bits per heavy atom. The summed E-state index contributed by atoms with van der Waals surface area (Å²) in [6.45, 7) is 15.0. The minimum atomic E-state index is 0.373. The van der Waals surface area contributed by atoms with Crippen molar-refractivity contribution in [3.05, 3.63) is 97.1 Å². The molecule has 0 nitrogen and oxygen atoms in total. The summed E-state index contributed by atoms with van der Waals surface area (Å²) in [5, 5.41) is 0. The minimum Gasteiger partial charge on any atom is -0.0991 e. The molecule has 152 valence electrons. The van der Waals surface area contributed by atoms with Gasteiger partial charge in [0, 0.05) is 0 Å². The number of rotatable bonds is 4. The van der Waals surface area contributed by atoms with Gasteiger partial charge in [-0.15, -0.1) is 0 Å². The summed E-state index contributed by atoms with van der Waals surface area (Å²) in [4.78, 5) is 0. The van der Waals surface area contributed by atoms with Crippen LogP contribution in [-0.2, 0) is 5.41 Å². The van der Waals surface area contributed by atoms with Gasteiger partial charge in [-0.1, -0.05) is 126 Å². The van der Waals surface area contributed by atoms with Crippen molar-refractivity contribution in [3.8, 4) is 0 Å². The lowest BCUT2D eigenvalue weighted by Gasteiger charge is -2.46. The zero-order valence-corrected chi connectivity index (χ0v) is 18.7. The molecule has 0 bridgehead atoms. The lowest BCUT2D eigenvalue weighted by atomic mass is 9.58. The average Bonchev–Trinajstić information content (AvgIpc) is 2.63. The molecular formula is C28H40. The fourth-order valence-electron chi connectivity index (χ4n) is 3.97. The fraction of sp³-hybridized carbons (Fsp3) is 0.429. The van der Waals surface area contributed by atoms with E-state index in [-0.39, 0.29) is 0 Å². The van der Waals surface area contributed by atoms with Crippen LogP contribution < -0.4 is 0 Å². The van der Waals surface area contributed by atoms with Crippen molar-refractivity contribution < 1.29 is 0 Å². The van der Waals surface area contributed by atoms with Crippen LogP contribution in [0.5, 0.6) is 0 Å². The van der Waals surface area contributed by atoms with Crippen LogP contribution in [0.2, 0.25) is 0 Å². The predicted octanol–water partition coefficient (Wildman–Crippen LogP) is 8.62. The Kier molecular flexibility index (Phi) is 10.6. The van der Waals surface area contributed by atoms with Crippen molar-refractivity contribution in [1.29, 1.82) is 0 Å². The van der Waals surface area contributed by atoms with Gasteiger partial charge in [-0.3, -0.25) is 0 Å². The van der Waals surface area contributed by atoms with Crippen LogP contribution in [0.1, 0.15) is 65.9 Å². The molecule has 1 saturated carbocycles. The lowest BCUT2D eigenvalue weighted by Crippen LogP contribution is -2.39. The van der Waals surface area contributed by atoms with Crippen molar-refractivity contribution in [3.63, 3.8) is 0 Å². The molecule has 2 aromatic carbocycles. The first-order chi connectivity index (χ1) is 13.3. The molecular weight excluding hydrogens is 336 g/mol. The summed E-state index contributed by atoms with van der Waals surface area (Å²) >= 11 is 0. The molecule has 0 aromatic heterocycles. The molecule has 0 amide bonds. The molecule has 0 N–H and O–H groups in total. The lowest BCUT2D eigenvalue weighted by molar-refractivity contribution is 0.125. The largest absolute Gasteiger partial charge is 0.0991 e. The van der Waals surface area contributed by atoms with Crippen molar-refractivity contribution in [2.45, 2.75) is 65.7 Å². The highest BCUT2D eigenvalue weighted by Crippen LogP contribution is 2.49. The molecule has 0 heterocycles. The summed E-state index contributed by atoms with van der Waals surface area (Å²) in [5.41, 5.74) is 2.32. The van der Waals surface area contributed by atoms with Gasteiger partial charge in [0.25, 0.3) is 0 Å². The maximum Gasteiger partial charge on any atom is -0.00421 e. The number of allylic oxidation sites excluding steroid dienone is 3. The third-order valence-electron chi connectivity index (χ3n) is 5.33. The number of benzene rings is 2. The van der Waals surface area contributed by atoms with Crippen LogP contribution in [0.3, 0.4) is 0 Å². The molecule has 1 aliphatic rings. The van der Waals surface area contributed by atoms with Crippen LogP contribution in [0.15, 0.2) is 91.5 Å². The van der Waals surface area contributed by atoms with Gasteiger partial charge in [-0.2, -0.15) is 0 Å². The molecule has 3 rings (SSSR count). The molecule has 2 aromatic rings. The standard InChI is InChI=1S/C17H26.C6H6.C5H8/c1-16(2,3)13-17(4,15-11-8-12-15)14-9-6-5-7-10-14;1-2-4-6-5-3-1;1-3-5-4-2/h5-7,9-10,15H,8,11-13H2,1-4H3;1-6H;3-5H,1H2,2H3/b;;5-4-. The predicted molar refractivity (Wildman–Crippen MR) is 127 cm³/mol. The van der Waals surface area contributed by atoms with Crippen molar-refractivity contribution >= 4 is 0 Å². The summed E-state index contributed by atoms with van der Waals surface area (Å²) < 4.78 is 0. The molecule has 0 heteroatoms. The highest BCUT2D eigenvalue weighted by Gasteiger charge is 2.41. The van der Waals surface area contributed by atoms with Crippen LogP contribution in [0.4, 0.5) is 0 Å². The van der Waals surface area contributed by atoms with E-state index in [1.54, 1.807) is 11.6 Å². The van der Waals surface area contributed by atoms with Gasteiger partial charge in [0.15, 0.2) is 0 Å². The van der Waals surface area contributed by atoms with E-state index in [0.29, 0.717) is 10.8 Å². The van der Waals surface area contributed by atoms with E-state index in [1.807, 2.05) is 55.5 Å². The first-order valence-electron chi connectivity index (χ1n) is 10.6. The van der Waals surface area contributed by atoms with Crippen molar-refractivity contribution in [2.24, 2.45) is 11.3 Å². The molecule has 0 saturated heterocycles. The van der Waals surface area contributed by atoms with Gasteiger partial charge in [0.1, 0.15) is 0 Å². The molecule has 1 aliphatic carbocycles. The Morgan fingerprint density at radius 1 is 0.857 bits per heavy atom. The highest BCUT2D eigenvalue weighted by atomic mass is 14.5. The summed E-state index contributed by atoms with van der Waals surface area (Å²) in [6.07, 6.45) is 11.1. The van der Waals surface area contributed by atoms with Crippen molar-refractivity contribution in [2.75, 3.05) is 0 Å². The fourth-order valence-corrected chi connectivity index (χ4v) is 3.97. The maximum atomic E-state index is 3.46. The second-order valence-electron chi connectivity index (χ2n) is 9.06. The molecule has 1 fully saturated rings. The van der Waals surface area contributed by atoms with Crippen molar-refractivity contribution in [1.82, 2.24) is 0 Å². The van der Waals surface area contributed by atoms with E-state index < -0.39 is 0 Å². The van der Waals surface area contributed by atoms with Gasteiger partial charge >= 0.3 is 0 Å². The van der Waals surface area contributed by atoms with Gasteiger partial charge in [0.05, 0.1) is 0 Å². The van der Waals surface area contributed by atoms with E-state index in [1.165, 1.54) is 25.7 Å². The Labute approximate surface area is 174 Å². The normalized spacial score (nSPS) is 15.9. The first-order valence-corrected chi connectivity index (χ1v) is 10.6. The second kappa shape index (κ2) is 12.4. The number of hydrogen-bond donors (Lipinski definition) is 0. The molecule has 0 aliphatic heterocycles. The smallest absolute Gasteiger partial charge is 0.00421 e. The third-order valence-corrected chi connectivity index (χ3v) is 5.33. The van der Waals surface area contributed by atoms with E-state index in [2.05, 4.69) is 64.6 Å². The summed E-state index contributed by atoms with van der Waals surface area (Å²) in [7, 11) is 0. The maximum absolute atomic E-state index is 3.46. The second-order valence-corrected chi connectivity index (χ2v) is 9.06. The molecule has 0 radical (unpaired) electrons. The summed E-state index contributed by atoms with van der Waals surface area (Å²) in [5.74, 6) is 0.893. The van der Waals surface area contributed by atoms with Crippen LogP contribution in [0, 0.1) is 11.3 Å². The van der Waals surface area contributed by atoms with Gasteiger partial charge in [-0.05, 0) is 48.5 Å². The quantitative estimate of drug-likeness (QED) is 0.468. The van der Waals surface area contributed by atoms with Crippen LogP contribution in [0.25, 0.3) is 0 Å². The molecule has 28 heavy (non-hydrogen) atoms. The van der Waals surface area contributed by atoms with Gasteiger partial charge in [0.2, 0.25) is 0 Å². The van der Waals surface area contributed by atoms with Crippen LogP contribution >= 0.6 is 0 Å². The van der Waals surface area contributed by atoms with E-state index in [4.69, 9.17) is 0 Å². The first kappa shape index (κ1) is 24.0. The SMILES string of the molecule is C=C/C=C\C.CC(C)(C)CC(C)(c1ccccc1)C1CCC1.c1ccccc1. The zero-order chi connectivity index (χ0) is 20.9. The van der Waals surface area contributed by atoms with Gasteiger partial charge in [-0.25, -0.2) is 0 Å². The molecule has 1 unspecified atom stereocenters. The summed E-state index contributed by atoms with van der Waals surface area (Å²) in [6, 6.07) is 23.2.